The van der Waals surface area contributed by atoms with Crippen LogP contribution in [0.3, 0.4) is 0 Å². The second-order valence-electron chi connectivity index (χ2n) is 5.46. The molecule has 4 rings (SSSR count). The molecule has 1 aromatic carbocycles. The lowest BCUT2D eigenvalue weighted by atomic mass is 9.64. The molecule has 0 aliphatic heterocycles. The lowest BCUT2D eigenvalue weighted by Crippen LogP contribution is -2.35. The van der Waals surface area contributed by atoms with Crippen molar-refractivity contribution in [1.29, 1.82) is 0 Å². The van der Waals surface area contributed by atoms with E-state index in [1.54, 1.807) is 30.7 Å². The average molecular weight is 296 g/mol. The highest BCUT2D eigenvalue weighted by atomic mass is 19.1. The molecule has 0 spiro atoms. The summed E-state index contributed by atoms with van der Waals surface area (Å²) in [6, 6.07) is 6.61. The highest BCUT2D eigenvalue weighted by molar-refractivity contribution is 5.47. The van der Waals surface area contributed by atoms with Gasteiger partial charge in [-0.1, -0.05) is 23.7 Å². The van der Waals surface area contributed by atoms with Crippen LogP contribution in [0.15, 0.2) is 47.4 Å². The first-order valence-electron chi connectivity index (χ1n) is 7.15. The van der Waals surface area contributed by atoms with E-state index in [4.69, 9.17) is 4.52 Å². The van der Waals surface area contributed by atoms with Crippen LogP contribution >= 0.6 is 0 Å². The second kappa shape index (κ2) is 4.98. The van der Waals surface area contributed by atoms with E-state index < -0.39 is 0 Å². The van der Waals surface area contributed by atoms with Crippen molar-refractivity contribution in [2.24, 2.45) is 0 Å². The van der Waals surface area contributed by atoms with E-state index in [2.05, 4.69) is 20.1 Å². The predicted octanol–water partition coefficient (Wildman–Crippen LogP) is 3.14. The van der Waals surface area contributed by atoms with Crippen molar-refractivity contribution in [2.45, 2.75) is 24.7 Å². The number of aromatic nitrogens is 4. The van der Waals surface area contributed by atoms with Crippen LogP contribution in [0.25, 0.3) is 11.5 Å². The molecule has 6 heteroatoms. The highest BCUT2D eigenvalue weighted by Gasteiger charge is 2.45. The molecule has 2 aromatic heterocycles. The minimum absolute atomic E-state index is 0.252. The Morgan fingerprint density at radius 1 is 1.18 bits per heavy atom. The number of rotatable bonds is 3. The third-order valence-corrected chi connectivity index (χ3v) is 4.21. The number of nitrogens with zero attached hydrogens (tertiary/aromatic N) is 4. The van der Waals surface area contributed by atoms with Crippen LogP contribution in [0, 0.1) is 5.82 Å². The van der Waals surface area contributed by atoms with Gasteiger partial charge in [-0.15, -0.1) is 0 Å². The van der Waals surface area contributed by atoms with E-state index in [9.17, 15) is 4.39 Å². The molecule has 0 bridgehead atoms. The zero-order chi connectivity index (χ0) is 15.0. The fourth-order valence-electron chi connectivity index (χ4n) is 2.88. The largest absolute Gasteiger partial charge is 0.338 e. The standard InChI is InChI=1S/C16H13FN4O/c17-12-4-1-3-11(9-12)16(5-2-6-16)15-20-14(21-22-15)13-10-18-7-8-19-13/h1,3-4,7-10H,2,5-6H2. The first-order chi connectivity index (χ1) is 10.8. The van der Waals surface area contributed by atoms with E-state index in [1.165, 1.54) is 6.07 Å². The minimum Gasteiger partial charge on any atom is -0.338 e. The van der Waals surface area contributed by atoms with Gasteiger partial charge in [0.15, 0.2) is 0 Å². The summed E-state index contributed by atoms with van der Waals surface area (Å²) >= 11 is 0. The van der Waals surface area contributed by atoms with Gasteiger partial charge in [0.1, 0.15) is 11.5 Å². The molecular formula is C16H13FN4O. The number of benzene rings is 1. The number of hydrogen-bond acceptors (Lipinski definition) is 5. The fourth-order valence-corrected chi connectivity index (χ4v) is 2.88. The van der Waals surface area contributed by atoms with Crippen LogP contribution in [0.1, 0.15) is 30.7 Å². The summed E-state index contributed by atoms with van der Waals surface area (Å²) in [4.78, 5) is 12.6. The minimum atomic E-state index is -0.379. The smallest absolute Gasteiger partial charge is 0.237 e. The molecule has 5 nitrogen and oxygen atoms in total. The van der Waals surface area contributed by atoms with Crippen molar-refractivity contribution in [3.8, 4) is 11.5 Å². The first kappa shape index (κ1) is 13.1. The number of hydrogen-bond donors (Lipinski definition) is 0. The zero-order valence-corrected chi connectivity index (χ0v) is 11.7. The molecule has 0 amide bonds. The molecule has 1 fully saturated rings. The summed E-state index contributed by atoms with van der Waals surface area (Å²) in [7, 11) is 0. The SMILES string of the molecule is Fc1cccc(C2(c3nc(-c4cnccn4)no3)CCC2)c1. The molecular weight excluding hydrogens is 283 g/mol. The molecule has 0 radical (unpaired) electrons. The van der Waals surface area contributed by atoms with Crippen LogP contribution < -0.4 is 0 Å². The van der Waals surface area contributed by atoms with Gasteiger partial charge in [-0.2, -0.15) is 4.98 Å². The lowest BCUT2D eigenvalue weighted by Gasteiger charge is -2.38. The van der Waals surface area contributed by atoms with E-state index in [-0.39, 0.29) is 11.2 Å². The summed E-state index contributed by atoms with van der Waals surface area (Å²) in [5.74, 6) is 0.674. The molecule has 1 saturated carbocycles. The Kier molecular flexibility index (Phi) is 2.96. The predicted molar refractivity (Wildman–Crippen MR) is 76.4 cm³/mol. The van der Waals surface area contributed by atoms with Crippen molar-refractivity contribution in [2.75, 3.05) is 0 Å². The summed E-state index contributed by atoms with van der Waals surface area (Å²) < 4.78 is 19.0. The van der Waals surface area contributed by atoms with Crippen LogP contribution in [0.5, 0.6) is 0 Å². The topological polar surface area (TPSA) is 64.7 Å². The summed E-state index contributed by atoms with van der Waals surface area (Å²) in [5.41, 5.74) is 1.06. The van der Waals surface area contributed by atoms with Crippen LogP contribution in [0.2, 0.25) is 0 Å². The van der Waals surface area contributed by atoms with Crippen molar-refractivity contribution in [1.82, 2.24) is 20.1 Å². The third-order valence-electron chi connectivity index (χ3n) is 4.21. The molecule has 22 heavy (non-hydrogen) atoms. The molecule has 0 saturated heterocycles. The fraction of sp³-hybridized carbons (Fsp3) is 0.250. The summed E-state index contributed by atoms with van der Waals surface area (Å²) in [6.45, 7) is 0. The summed E-state index contributed by atoms with van der Waals surface area (Å²) in [5, 5.41) is 4.00. The maximum Gasteiger partial charge on any atom is 0.237 e. The molecule has 110 valence electrons. The Balaban J connectivity index is 1.75. The van der Waals surface area contributed by atoms with E-state index in [1.807, 2.05) is 6.07 Å². The van der Waals surface area contributed by atoms with Gasteiger partial charge in [0.25, 0.3) is 0 Å². The van der Waals surface area contributed by atoms with Crippen molar-refractivity contribution in [3.05, 3.63) is 60.1 Å². The van der Waals surface area contributed by atoms with Crippen LogP contribution in [-0.4, -0.2) is 20.1 Å². The molecule has 2 heterocycles. The highest BCUT2D eigenvalue weighted by Crippen LogP contribution is 2.48. The lowest BCUT2D eigenvalue weighted by molar-refractivity contribution is 0.216. The van der Waals surface area contributed by atoms with Gasteiger partial charge >= 0.3 is 0 Å². The molecule has 0 unspecified atom stereocenters. The normalized spacial score (nSPS) is 16.2. The van der Waals surface area contributed by atoms with E-state index in [0.29, 0.717) is 17.4 Å². The molecule has 3 aromatic rings. The molecule has 1 aliphatic rings. The van der Waals surface area contributed by atoms with Crippen LogP contribution in [-0.2, 0) is 5.41 Å². The quantitative estimate of drug-likeness (QED) is 0.743. The number of halogens is 1. The van der Waals surface area contributed by atoms with E-state index >= 15 is 0 Å². The third kappa shape index (κ3) is 1.99. The van der Waals surface area contributed by atoms with Gasteiger partial charge in [-0.25, -0.2) is 9.37 Å². The Labute approximate surface area is 126 Å². The Bertz CT molecular complexity index is 799. The molecule has 0 N–H and O–H groups in total. The first-order valence-corrected chi connectivity index (χ1v) is 7.15. The van der Waals surface area contributed by atoms with Gasteiger partial charge in [0.05, 0.1) is 11.6 Å². The van der Waals surface area contributed by atoms with Crippen molar-refractivity contribution in [3.63, 3.8) is 0 Å². The van der Waals surface area contributed by atoms with Gasteiger partial charge in [-0.05, 0) is 30.5 Å². The Morgan fingerprint density at radius 3 is 2.77 bits per heavy atom. The second-order valence-corrected chi connectivity index (χ2v) is 5.46. The zero-order valence-electron chi connectivity index (χ0n) is 11.7. The molecule has 1 aliphatic carbocycles. The average Bonchev–Trinajstić information content (AvgIpc) is 2.97. The maximum absolute atomic E-state index is 13.6. The Morgan fingerprint density at radius 2 is 2.09 bits per heavy atom. The summed E-state index contributed by atoms with van der Waals surface area (Å²) in [6.07, 6.45) is 7.56. The monoisotopic (exact) mass is 296 g/mol. The molecule has 0 atom stereocenters. The maximum atomic E-state index is 13.6. The van der Waals surface area contributed by atoms with Gasteiger partial charge in [0.2, 0.25) is 11.7 Å². The van der Waals surface area contributed by atoms with Gasteiger partial charge in [0, 0.05) is 12.4 Å². The van der Waals surface area contributed by atoms with Crippen LogP contribution in [0.4, 0.5) is 4.39 Å². The van der Waals surface area contributed by atoms with Crippen molar-refractivity contribution < 1.29 is 8.91 Å². The van der Waals surface area contributed by atoms with Gasteiger partial charge in [-0.3, -0.25) is 4.98 Å². The van der Waals surface area contributed by atoms with Gasteiger partial charge < -0.3 is 4.52 Å². The van der Waals surface area contributed by atoms with E-state index in [0.717, 1.165) is 24.8 Å². The Hall–Kier alpha value is -2.63. The van der Waals surface area contributed by atoms with Crippen molar-refractivity contribution >= 4 is 0 Å².